The molecule has 0 radical (unpaired) electrons. The van der Waals surface area contributed by atoms with Gasteiger partial charge in [0.15, 0.2) is 0 Å². The van der Waals surface area contributed by atoms with Crippen LogP contribution in [-0.4, -0.2) is 18.5 Å². The fourth-order valence-corrected chi connectivity index (χ4v) is 1.67. The van der Waals surface area contributed by atoms with Crippen LogP contribution in [0, 0.1) is 0 Å². The van der Waals surface area contributed by atoms with Gasteiger partial charge in [0.05, 0.1) is 0 Å². The Bertz CT molecular complexity index is 284. The summed E-state index contributed by atoms with van der Waals surface area (Å²) in [7, 11) is 2.17. The molecule has 1 rings (SSSR count). The van der Waals surface area contributed by atoms with Crippen LogP contribution in [0.5, 0.6) is 0 Å². The van der Waals surface area contributed by atoms with Crippen LogP contribution in [0.1, 0.15) is 30.9 Å². The molecule has 0 bridgehead atoms. The topological polar surface area (TPSA) is 29.3 Å². The molecule has 15 heavy (non-hydrogen) atoms. The summed E-state index contributed by atoms with van der Waals surface area (Å²) in [5.74, 6) is 0. The molecule has 1 aromatic carbocycles. The summed E-state index contributed by atoms with van der Waals surface area (Å²) in [4.78, 5) is 2.36. The third-order valence-corrected chi connectivity index (χ3v) is 2.57. The first-order chi connectivity index (χ1) is 7.26. The molecule has 0 saturated heterocycles. The van der Waals surface area contributed by atoms with Crippen LogP contribution in [0.15, 0.2) is 24.3 Å². The second kappa shape index (κ2) is 6.59. The summed E-state index contributed by atoms with van der Waals surface area (Å²) in [6.45, 7) is 5.05. The summed E-state index contributed by atoms with van der Waals surface area (Å²) in [6.07, 6.45) is 2.53. The van der Waals surface area contributed by atoms with Crippen molar-refractivity contribution < 1.29 is 0 Å². The van der Waals surface area contributed by atoms with Crippen molar-refractivity contribution in [3.8, 4) is 0 Å². The number of nitrogens with zero attached hydrogens (tertiary/aromatic N) is 1. The molecule has 2 nitrogen and oxygen atoms in total. The summed E-state index contributed by atoms with van der Waals surface area (Å²) < 4.78 is 0. The molecular formula is C13H22N2. The standard InChI is InChI=1S/C13H22N2/c1-3-4-8-15(2)11-13-7-5-6-12(9-13)10-14/h5-7,9H,3-4,8,10-11,14H2,1-2H3. The largest absolute Gasteiger partial charge is 0.326 e. The summed E-state index contributed by atoms with van der Waals surface area (Å²) in [5, 5.41) is 0. The molecule has 0 aliphatic carbocycles. The first kappa shape index (κ1) is 12.2. The van der Waals surface area contributed by atoms with E-state index in [9.17, 15) is 0 Å². The van der Waals surface area contributed by atoms with E-state index in [2.05, 4.69) is 43.1 Å². The van der Waals surface area contributed by atoms with Gasteiger partial charge in [-0.25, -0.2) is 0 Å². The highest BCUT2D eigenvalue weighted by molar-refractivity contribution is 5.23. The van der Waals surface area contributed by atoms with Gasteiger partial charge in [-0.2, -0.15) is 0 Å². The van der Waals surface area contributed by atoms with Gasteiger partial charge in [-0.1, -0.05) is 37.6 Å². The molecule has 0 aliphatic rings. The molecule has 84 valence electrons. The Morgan fingerprint density at radius 1 is 1.27 bits per heavy atom. The molecule has 0 spiro atoms. The van der Waals surface area contributed by atoms with Gasteiger partial charge in [-0.15, -0.1) is 0 Å². The van der Waals surface area contributed by atoms with E-state index in [0.29, 0.717) is 6.54 Å². The molecule has 0 saturated carbocycles. The van der Waals surface area contributed by atoms with Gasteiger partial charge in [0, 0.05) is 13.1 Å². The number of hydrogen-bond donors (Lipinski definition) is 1. The molecule has 0 fully saturated rings. The lowest BCUT2D eigenvalue weighted by molar-refractivity contribution is 0.321. The monoisotopic (exact) mass is 206 g/mol. The zero-order valence-electron chi connectivity index (χ0n) is 9.87. The smallest absolute Gasteiger partial charge is 0.0230 e. The van der Waals surface area contributed by atoms with E-state index in [4.69, 9.17) is 5.73 Å². The zero-order valence-corrected chi connectivity index (χ0v) is 9.87. The van der Waals surface area contributed by atoms with Gasteiger partial charge in [-0.05, 0) is 31.1 Å². The Kier molecular flexibility index (Phi) is 5.37. The highest BCUT2D eigenvalue weighted by atomic mass is 15.1. The normalized spacial score (nSPS) is 10.9. The Hall–Kier alpha value is -0.860. The number of benzene rings is 1. The third kappa shape index (κ3) is 4.45. The predicted molar refractivity (Wildman–Crippen MR) is 65.6 cm³/mol. The lowest BCUT2D eigenvalue weighted by Gasteiger charge is -2.16. The van der Waals surface area contributed by atoms with Crippen molar-refractivity contribution in [2.24, 2.45) is 5.73 Å². The fraction of sp³-hybridized carbons (Fsp3) is 0.538. The molecular weight excluding hydrogens is 184 g/mol. The van der Waals surface area contributed by atoms with Crippen LogP contribution < -0.4 is 5.73 Å². The van der Waals surface area contributed by atoms with E-state index in [-0.39, 0.29) is 0 Å². The molecule has 0 amide bonds. The van der Waals surface area contributed by atoms with Crippen LogP contribution in [-0.2, 0) is 13.1 Å². The van der Waals surface area contributed by atoms with Crippen molar-refractivity contribution >= 4 is 0 Å². The summed E-state index contributed by atoms with van der Waals surface area (Å²) in [5.41, 5.74) is 8.19. The number of nitrogens with two attached hydrogens (primary N) is 1. The van der Waals surface area contributed by atoms with Crippen molar-refractivity contribution in [1.82, 2.24) is 4.90 Å². The first-order valence-corrected chi connectivity index (χ1v) is 5.72. The molecule has 0 unspecified atom stereocenters. The van der Waals surface area contributed by atoms with Crippen molar-refractivity contribution in [2.75, 3.05) is 13.6 Å². The van der Waals surface area contributed by atoms with Crippen LogP contribution in [0.4, 0.5) is 0 Å². The van der Waals surface area contributed by atoms with E-state index in [1.165, 1.54) is 30.5 Å². The van der Waals surface area contributed by atoms with Crippen LogP contribution in [0.3, 0.4) is 0 Å². The van der Waals surface area contributed by atoms with Gasteiger partial charge in [-0.3, -0.25) is 0 Å². The van der Waals surface area contributed by atoms with Gasteiger partial charge in [0.2, 0.25) is 0 Å². The summed E-state index contributed by atoms with van der Waals surface area (Å²) in [6, 6.07) is 8.53. The second-order valence-electron chi connectivity index (χ2n) is 4.12. The molecule has 0 heterocycles. The van der Waals surface area contributed by atoms with Crippen molar-refractivity contribution in [1.29, 1.82) is 0 Å². The van der Waals surface area contributed by atoms with E-state index in [1.807, 2.05) is 0 Å². The minimum atomic E-state index is 0.631. The number of rotatable bonds is 6. The van der Waals surface area contributed by atoms with E-state index in [0.717, 1.165) is 6.54 Å². The maximum atomic E-state index is 5.62. The van der Waals surface area contributed by atoms with Gasteiger partial charge in [0.25, 0.3) is 0 Å². The van der Waals surface area contributed by atoms with E-state index < -0.39 is 0 Å². The Morgan fingerprint density at radius 2 is 2.00 bits per heavy atom. The van der Waals surface area contributed by atoms with E-state index in [1.54, 1.807) is 0 Å². The Balaban J connectivity index is 2.48. The lowest BCUT2D eigenvalue weighted by Crippen LogP contribution is -2.19. The Labute approximate surface area is 93.1 Å². The van der Waals surface area contributed by atoms with Gasteiger partial charge >= 0.3 is 0 Å². The van der Waals surface area contributed by atoms with Crippen LogP contribution >= 0.6 is 0 Å². The molecule has 0 aromatic heterocycles. The molecule has 2 heteroatoms. The quantitative estimate of drug-likeness (QED) is 0.774. The highest BCUT2D eigenvalue weighted by Gasteiger charge is 2.00. The minimum Gasteiger partial charge on any atom is -0.326 e. The highest BCUT2D eigenvalue weighted by Crippen LogP contribution is 2.07. The minimum absolute atomic E-state index is 0.631. The maximum absolute atomic E-state index is 5.62. The third-order valence-electron chi connectivity index (χ3n) is 2.57. The Morgan fingerprint density at radius 3 is 2.67 bits per heavy atom. The average molecular weight is 206 g/mol. The zero-order chi connectivity index (χ0) is 11.1. The average Bonchev–Trinajstić information content (AvgIpc) is 2.26. The van der Waals surface area contributed by atoms with E-state index >= 15 is 0 Å². The molecule has 0 aliphatic heterocycles. The van der Waals surface area contributed by atoms with Crippen molar-refractivity contribution in [3.63, 3.8) is 0 Å². The van der Waals surface area contributed by atoms with Crippen molar-refractivity contribution in [2.45, 2.75) is 32.9 Å². The first-order valence-electron chi connectivity index (χ1n) is 5.72. The SMILES string of the molecule is CCCCN(C)Cc1cccc(CN)c1. The fourth-order valence-electron chi connectivity index (χ4n) is 1.67. The maximum Gasteiger partial charge on any atom is 0.0230 e. The lowest BCUT2D eigenvalue weighted by atomic mass is 10.1. The molecule has 2 N–H and O–H groups in total. The molecule has 0 atom stereocenters. The van der Waals surface area contributed by atoms with Gasteiger partial charge < -0.3 is 10.6 Å². The van der Waals surface area contributed by atoms with Crippen LogP contribution in [0.2, 0.25) is 0 Å². The predicted octanol–water partition coefficient (Wildman–Crippen LogP) is 2.38. The van der Waals surface area contributed by atoms with Crippen molar-refractivity contribution in [3.05, 3.63) is 35.4 Å². The van der Waals surface area contributed by atoms with Crippen LogP contribution in [0.25, 0.3) is 0 Å². The number of unbranched alkanes of at least 4 members (excludes halogenated alkanes) is 1. The molecule has 1 aromatic rings. The second-order valence-corrected chi connectivity index (χ2v) is 4.12. The number of hydrogen-bond acceptors (Lipinski definition) is 2. The van der Waals surface area contributed by atoms with Gasteiger partial charge in [0.1, 0.15) is 0 Å². The summed E-state index contributed by atoms with van der Waals surface area (Å²) >= 11 is 0.